The molecule has 6 nitrogen and oxygen atoms in total. The van der Waals surface area contributed by atoms with Crippen molar-refractivity contribution in [2.75, 3.05) is 42.9 Å². The summed E-state index contributed by atoms with van der Waals surface area (Å²) >= 11 is 13.2. The van der Waals surface area contributed by atoms with E-state index in [1.165, 1.54) is 5.56 Å². The minimum Gasteiger partial charge on any atom is -0.353 e. The van der Waals surface area contributed by atoms with Gasteiger partial charge in [-0.15, -0.1) is 0 Å². The standard InChI is InChI=1S/C28H28Cl2N6/c1-21-19-26(36(33-21)23-12-6-3-7-13-23)31-27-24(29)20-25(30)28(32-27)35-17-15-34(16-18-35)14-8-11-22-9-4-2-5-10-22/h2-13,19-20H,14-18H2,1H3,(H,31,32). The van der Waals surface area contributed by atoms with E-state index in [4.69, 9.17) is 28.2 Å². The number of nitrogens with zero attached hydrogens (tertiary/aromatic N) is 5. The molecule has 2 aromatic heterocycles. The van der Waals surface area contributed by atoms with E-state index in [-0.39, 0.29) is 0 Å². The fourth-order valence-corrected chi connectivity index (χ4v) is 4.81. The number of pyridine rings is 1. The summed E-state index contributed by atoms with van der Waals surface area (Å²) in [5, 5.41) is 9.01. The van der Waals surface area contributed by atoms with Gasteiger partial charge in [-0.3, -0.25) is 4.90 Å². The van der Waals surface area contributed by atoms with Crippen LogP contribution in [0.5, 0.6) is 0 Å². The van der Waals surface area contributed by atoms with Crippen LogP contribution in [0, 0.1) is 6.92 Å². The first-order chi connectivity index (χ1) is 17.6. The molecule has 36 heavy (non-hydrogen) atoms. The highest BCUT2D eigenvalue weighted by Crippen LogP contribution is 2.34. The van der Waals surface area contributed by atoms with Gasteiger partial charge in [0.2, 0.25) is 0 Å². The highest BCUT2D eigenvalue weighted by atomic mass is 35.5. The van der Waals surface area contributed by atoms with Crippen molar-refractivity contribution in [3.05, 3.63) is 100 Å². The topological polar surface area (TPSA) is 49.2 Å². The molecule has 0 spiro atoms. The molecule has 0 aliphatic carbocycles. The monoisotopic (exact) mass is 518 g/mol. The molecule has 1 fully saturated rings. The molecule has 0 bridgehead atoms. The van der Waals surface area contributed by atoms with Gasteiger partial charge in [0.15, 0.2) is 5.82 Å². The first-order valence-corrected chi connectivity index (χ1v) is 12.8. The lowest BCUT2D eigenvalue weighted by Gasteiger charge is -2.35. The quantitative estimate of drug-likeness (QED) is 0.304. The van der Waals surface area contributed by atoms with Crippen molar-refractivity contribution >= 4 is 46.7 Å². The first-order valence-electron chi connectivity index (χ1n) is 12.0. The van der Waals surface area contributed by atoms with Crippen LogP contribution in [0.2, 0.25) is 10.0 Å². The van der Waals surface area contributed by atoms with Crippen LogP contribution in [0.15, 0.2) is 78.9 Å². The molecule has 2 aromatic carbocycles. The Hall–Kier alpha value is -3.32. The molecule has 1 aliphatic heterocycles. The highest BCUT2D eigenvalue weighted by Gasteiger charge is 2.21. The maximum absolute atomic E-state index is 6.60. The summed E-state index contributed by atoms with van der Waals surface area (Å²) in [6, 6.07) is 24.1. The molecule has 5 rings (SSSR count). The van der Waals surface area contributed by atoms with Crippen LogP contribution in [-0.2, 0) is 0 Å². The Kier molecular flexibility index (Phi) is 7.56. The molecule has 1 saturated heterocycles. The predicted molar refractivity (Wildman–Crippen MR) is 150 cm³/mol. The summed E-state index contributed by atoms with van der Waals surface area (Å²) in [5.41, 5.74) is 3.07. The van der Waals surface area contributed by atoms with Crippen LogP contribution in [0.1, 0.15) is 11.3 Å². The van der Waals surface area contributed by atoms with Gasteiger partial charge in [-0.25, -0.2) is 9.67 Å². The van der Waals surface area contributed by atoms with Crippen molar-refractivity contribution in [1.82, 2.24) is 19.7 Å². The summed E-state index contributed by atoms with van der Waals surface area (Å²) in [4.78, 5) is 9.49. The van der Waals surface area contributed by atoms with Gasteiger partial charge >= 0.3 is 0 Å². The van der Waals surface area contributed by atoms with Gasteiger partial charge in [0.25, 0.3) is 0 Å². The Morgan fingerprint density at radius 2 is 1.58 bits per heavy atom. The molecule has 0 saturated carbocycles. The molecule has 4 aromatic rings. The van der Waals surface area contributed by atoms with Gasteiger partial charge in [-0.1, -0.05) is 83.9 Å². The number of hydrogen-bond acceptors (Lipinski definition) is 5. The second-order valence-electron chi connectivity index (χ2n) is 8.77. The average molecular weight is 519 g/mol. The van der Waals surface area contributed by atoms with Crippen molar-refractivity contribution in [3.8, 4) is 5.69 Å². The molecule has 0 unspecified atom stereocenters. The van der Waals surface area contributed by atoms with Gasteiger partial charge in [0, 0.05) is 38.8 Å². The van der Waals surface area contributed by atoms with E-state index in [1.54, 1.807) is 6.07 Å². The fourth-order valence-electron chi connectivity index (χ4n) is 4.29. The van der Waals surface area contributed by atoms with Gasteiger partial charge in [0.05, 0.1) is 21.4 Å². The van der Waals surface area contributed by atoms with Crippen LogP contribution in [0.3, 0.4) is 0 Å². The van der Waals surface area contributed by atoms with E-state index < -0.39 is 0 Å². The number of aryl methyl sites for hydroxylation is 1. The number of nitrogens with one attached hydrogen (secondary N) is 1. The number of benzene rings is 2. The number of rotatable bonds is 7. The number of anilines is 3. The molecular weight excluding hydrogens is 491 g/mol. The summed E-state index contributed by atoms with van der Waals surface area (Å²) in [7, 11) is 0. The summed E-state index contributed by atoms with van der Waals surface area (Å²) < 4.78 is 1.85. The third-order valence-corrected chi connectivity index (χ3v) is 6.70. The SMILES string of the molecule is Cc1cc(Nc2nc(N3CCN(CC=Cc4ccccc4)CC3)c(Cl)cc2Cl)n(-c2ccccc2)n1. The van der Waals surface area contributed by atoms with Crippen molar-refractivity contribution in [2.24, 2.45) is 0 Å². The van der Waals surface area contributed by atoms with E-state index in [0.717, 1.165) is 55.7 Å². The maximum atomic E-state index is 6.60. The van der Waals surface area contributed by atoms with Gasteiger partial charge in [-0.05, 0) is 30.7 Å². The molecular formula is C28H28Cl2N6. The van der Waals surface area contributed by atoms with E-state index in [1.807, 2.05) is 54.1 Å². The molecule has 0 radical (unpaired) electrons. The Labute approximate surface area is 221 Å². The Morgan fingerprint density at radius 3 is 2.31 bits per heavy atom. The van der Waals surface area contributed by atoms with Gasteiger partial charge < -0.3 is 10.2 Å². The number of hydrogen-bond donors (Lipinski definition) is 1. The van der Waals surface area contributed by atoms with E-state index in [9.17, 15) is 0 Å². The Morgan fingerprint density at radius 1 is 0.889 bits per heavy atom. The fraction of sp³-hybridized carbons (Fsp3) is 0.214. The van der Waals surface area contributed by atoms with Crippen molar-refractivity contribution in [2.45, 2.75) is 6.92 Å². The largest absolute Gasteiger partial charge is 0.353 e. The number of para-hydroxylation sites is 1. The number of piperazine rings is 1. The molecule has 0 amide bonds. The van der Waals surface area contributed by atoms with E-state index >= 15 is 0 Å². The van der Waals surface area contributed by atoms with Crippen molar-refractivity contribution in [3.63, 3.8) is 0 Å². The molecule has 0 atom stereocenters. The maximum Gasteiger partial charge on any atom is 0.152 e. The van der Waals surface area contributed by atoms with Crippen LogP contribution in [-0.4, -0.2) is 52.4 Å². The number of halogens is 2. The lowest BCUT2D eigenvalue weighted by Crippen LogP contribution is -2.46. The van der Waals surface area contributed by atoms with Crippen molar-refractivity contribution in [1.29, 1.82) is 0 Å². The van der Waals surface area contributed by atoms with E-state index in [2.05, 4.69) is 56.6 Å². The summed E-state index contributed by atoms with van der Waals surface area (Å²) in [5.74, 6) is 2.09. The zero-order valence-corrected chi connectivity index (χ0v) is 21.6. The lowest BCUT2D eigenvalue weighted by atomic mass is 10.2. The first kappa shape index (κ1) is 24.4. The van der Waals surface area contributed by atoms with Crippen molar-refractivity contribution < 1.29 is 0 Å². The zero-order chi connectivity index (χ0) is 24.9. The molecule has 184 valence electrons. The third-order valence-electron chi connectivity index (χ3n) is 6.14. The van der Waals surface area contributed by atoms with Crippen LogP contribution in [0.25, 0.3) is 11.8 Å². The van der Waals surface area contributed by atoms with Crippen LogP contribution >= 0.6 is 23.2 Å². The normalized spacial score (nSPS) is 14.5. The Balaban J connectivity index is 1.28. The average Bonchev–Trinajstić information content (AvgIpc) is 3.27. The highest BCUT2D eigenvalue weighted by molar-refractivity contribution is 6.37. The Bertz CT molecular complexity index is 1330. The lowest BCUT2D eigenvalue weighted by molar-refractivity contribution is 0.284. The summed E-state index contributed by atoms with van der Waals surface area (Å²) in [6.45, 7) is 6.43. The minimum absolute atomic E-state index is 0.465. The van der Waals surface area contributed by atoms with E-state index in [0.29, 0.717) is 15.9 Å². The molecule has 3 heterocycles. The van der Waals surface area contributed by atoms with Crippen LogP contribution < -0.4 is 10.2 Å². The second-order valence-corrected chi connectivity index (χ2v) is 9.58. The number of aromatic nitrogens is 3. The molecule has 1 N–H and O–H groups in total. The predicted octanol–water partition coefficient (Wildman–Crippen LogP) is 6.46. The van der Waals surface area contributed by atoms with Gasteiger partial charge in [0.1, 0.15) is 11.6 Å². The third kappa shape index (κ3) is 5.73. The molecule has 8 heteroatoms. The summed E-state index contributed by atoms with van der Waals surface area (Å²) in [6.07, 6.45) is 4.39. The molecule has 1 aliphatic rings. The van der Waals surface area contributed by atoms with Crippen LogP contribution in [0.4, 0.5) is 17.5 Å². The van der Waals surface area contributed by atoms with Gasteiger partial charge in [-0.2, -0.15) is 5.10 Å². The zero-order valence-electron chi connectivity index (χ0n) is 20.1. The second kappa shape index (κ2) is 11.2. The smallest absolute Gasteiger partial charge is 0.152 e. The minimum atomic E-state index is 0.465.